The molecule has 0 atom stereocenters. The zero-order chi connectivity index (χ0) is 19.9. The molecule has 3 rings (SSSR count). The first-order valence-corrected chi connectivity index (χ1v) is 10.0. The van der Waals surface area contributed by atoms with Crippen LogP contribution in [0.2, 0.25) is 15.1 Å². The van der Waals surface area contributed by atoms with Gasteiger partial charge in [-0.05, 0) is 60.5 Å². The van der Waals surface area contributed by atoms with Crippen LogP contribution in [0.3, 0.4) is 0 Å². The highest BCUT2D eigenvalue weighted by Gasteiger charge is 2.08. The molecule has 0 bridgehead atoms. The number of rotatable bonds is 8. The lowest BCUT2D eigenvalue weighted by molar-refractivity contribution is 0.269. The van der Waals surface area contributed by atoms with Gasteiger partial charge in [0.25, 0.3) is 0 Å². The monoisotopic (exact) mass is 435 g/mol. The summed E-state index contributed by atoms with van der Waals surface area (Å²) in [6.07, 6.45) is 0. The fraction of sp³-hybridized carbons (Fsp3) is 0.182. The van der Waals surface area contributed by atoms with Crippen LogP contribution in [-0.2, 0) is 13.2 Å². The molecule has 0 aliphatic carbocycles. The van der Waals surface area contributed by atoms with Crippen LogP contribution in [0.25, 0.3) is 0 Å². The van der Waals surface area contributed by atoms with Crippen molar-refractivity contribution < 1.29 is 9.47 Å². The molecular weight excluding hydrogens is 417 g/mol. The van der Waals surface area contributed by atoms with Crippen molar-refractivity contribution >= 4 is 40.5 Å². The number of ether oxygens (including phenoxy) is 2. The minimum Gasteiger partial charge on any atom is -0.490 e. The van der Waals surface area contributed by atoms with E-state index >= 15 is 0 Å². The van der Waals surface area contributed by atoms with Gasteiger partial charge in [0.15, 0.2) is 11.5 Å². The molecule has 0 fully saturated rings. The normalized spacial score (nSPS) is 10.6. The standard InChI is InChI=1S/C22H20Cl3NO2/c1-2-27-22-11-15(13-26-20-8-7-18(24)12-19(20)25)6-9-21(22)28-14-16-4-3-5-17(23)10-16/h3-12,26H,2,13-14H2,1H3. The van der Waals surface area contributed by atoms with E-state index < -0.39 is 0 Å². The first-order chi connectivity index (χ1) is 13.5. The zero-order valence-electron chi connectivity index (χ0n) is 15.3. The van der Waals surface area contributed by atoms with E-state index in [1.54, 1.807) is 12.1 Å². The molecule has 0 unspecified atom stereocenters. The molecule has 0 heterocycles. The van der Waals surface area contributed by atoms with E-state index in [1.807, 2.05) is 55.5 Å². The van der Waals surface area contributed by atoms with Gasteiger partial charge in [-0.2, -0.15) is 0 Å². The molecule has 0 saturated carbocycles. The second-order valence-corrected chi connectivity index (χ2v) is 7.39. The molecule has 0 aliphatic rings. The summed E-state index contributed by atoms with van der Waals surface area (Å²) in [5.41, 5.74) is 2.87. The number of nitrogens with one attached hydrogen (secondary N) is 1. The maximum absolute atomic E-state index is 6.21. The fourth-order valence-corrected chi connectivity index (χ4v) is 3.36. The molecule has 0 amide bonds. The molecule has 3 nitrogen and oxygen atoms in total. The highest BCUT2D eigenvalue weighted by atomic mass is 35.5. The lowest BCUT2D eigenvalue weighted by Gasteiger charge is -2.15. The summed E-state index contributed by atoms with van der Waals surface area (Å²) in [5.74, 6) is 1.39. The Morgan fingerprint density at radius 2 is 1.61 bits per heavy atom. The third-order valence-corrected chi connectivity index (χ3v) is 4.79. The van der Waals surface area contributed by atoms with Crippen LogP contribution in [0, 0.1) is 0 Å². The SMILES string of the molecule is CCOc1cc(CNc2ccc(Cl)cc2Cl)ccc1OCc1cccc(Cl)c1. The Kier molecular flexibility index (Phi) is 7.32. The maximum Gasteiger partial charge on any atom is 0.161 e. The molecule has 0 saturated heterocycles. The molecule has 28 heavy (non-hydrogen) atoms. The van der Waals surface area contributed by atoms with E-state index in [0.717, 1.165) is 16.8 Å². The molecule has 3 aromatic carbocycles. The lowest BCUT2D eigenvalue weighted by Crippen LogP contribution is -2.03. The second-order valence-electron chi connectivity index (χ2n) is 6.11. The Morgan fingerprint density at radius 3 is 2.36 bits per heavy atom. The molecule has 6 heteroatoms. The Bertz CT molecular complexity index is 947. The van der Waals surface area contributed by atoms with Gasteiger partial charge in [-0.1, -0.05) is 53.0 Å². The Labute approximate surface area is 180 Å². The van der Waals surface area contributed by atoms with Crippen LogP contribution in [0.1, 0.15) is 18.1 Å². The summed E-state index contributed by atoms with van der Waals surface area (Å²) in [4.78, 5) is 0. The quantitative estimate of drug-likeness (QED) is 0.404. The highest BCUT2D eigenvalue weighted by molar-refractivity contribution is 6.36. The molecular formula is C22H20Cl3NO2. The molecule has 1 N–H and O–H groups in total. The van der Waals surface area contributed by atoms with E-state index in [0.29, 0.717) is 46.3 Å². The largest absolute Gasteiger partial charge is 0.490 e. The van der Waals surface area contributed by atoms with Crippen LogP contribution in [0.15, 0.2) is 60.7 Å². The molecule has 0 aliphatic heterocycles. The Balaban J connectivity index is 1.69. The van der Waals surface area contributed by atoms with Crippen molar-refractivity contribution in [3.8, 4) is 11.5 Å². The van der Waals surface area contributed by atoms with E-state index in [9.17, 15) is 0 Å². The van der Waals surface area contributed by atoms with E-state index in [-0.39, 0.29) is 0 Å². The topological polar surface area (TPSA) is 30.5 Å². The average Bonchev–Trinajstić information content (AvgIpc) is 2.67. The maximum atomic E-state index is 6.21. The minimum absolute atomic E-state index is 0.415. The first-order valence-electron chi connectivity index (χ1n) is 8.87. The lowest BCUT2D eigenvalue weighted by atomic mass is 10.2. The zero-order valence-corrected chi connectivity index (χ0v) is 17.6. The van der Waals surface area contributed by atoms with Gasteiger partial charge in [-0.25, -0.2) is 0 Å². The molecule has 0 spiro atoms. The first kappa shape index (κ1) is 20.7. The van der Waals surface area contributed by atoms with Gasteiger partial charge in [-0.3, -0.25) is 0 Å². The van der Waals surface area contributed by atoms with Crippen LogP contribution in [-0.4, -0.2) is 6.61 Å². The number of hydrogen-bond donors (Lipinski definition) is 1. The summed E-state index contributed by atoms with van der Waals surface area (Å²) < 4.78 is 11.7. The van der Waals surface area contributed by atoms with Gasteiger partial charge in [-0.15, -0.1) is 0 Å². The van der Waals surface area contributed by atoms with Crippen LogP contribution >= 0.6 is 34.8 Å². The van der Waals surface area contributed by atoms with Crippen molar-refractivity contribution in [2.75, 3.05) is 11.9 Å². The fourth-order valence-electron chi connectivity index (χ4n) is 2.67. The smallest absolute Gasteiger partial charge is 0.161 e. The average molecular weight is 437 g/mol. The molecule has 0 radical (unpaired) electrons. The number of halogens is 3. The summed E-state index contributed by atoms with van der Waals surface area (Å²) in [5, 5.41) is 5.19. The third kappa shape index (κ3) is 5.71. The van der Waals surface area contributed by atoms with Crippen LogP contribution in [0.4, 0.5) is 5.69 Å². The Hall–Kier alpha value is -2.07. The van der Waals surface area contributed by atoms with Crippen molar-refractivity contribution in [3.05, 3.63) is 86.9 Å². The van der Waals surface area contributed by atoms with E-state index in [1.165, 1.54) is 0 Å². The number of benzene rings is 3. The van der Waals surface area contributed by atoms with Crippen molar-refractivity contribution in [1.29, 1.82) is 0 Å². The van der Waals surface area contributed by atoms with Crippen molar-refractivity contribution in [2.24, 2.45) is 0 Å². The van der Waals surface area contributed by atoms with E-state index in [4.69, 9.17) is 44.3 Å². The summed E-state index contributed by atoms with van der Waals surface area (Å²) in [6, 6.07) is 18.8. The minimum atomic E-state index is 0.415. The number of hydrogen-bond acceptors (Lipinski definition) is 3. The van der Waals surface area contributed by atoms with Gasteiger partial charge in [0.05, 0.1) is 17.3 Å². The van der Waals surface area contributed by atoms with Crippen molar-refractivity contribution in [2.45, 2.75) is 20.1 Å². The Morgan fingerprint density at radius 1 is 0.786 bits per heavy atom. The van der Waals surface area contributed by atoms with Gasteiger partial charge in [0, 0.05) is 16.6 Å². The summed E-state index contributed by atoms with van der Waals surface area (Å²) in [6.45, 7) is 3.50. The summed E-state index contributed by atoms with van der Waals surface area (Å²) >= 11 is 18.2. The predicted octanol–water partition coefficient (Wildman–Crippen LogP) is 7.24. The van der Waals surface area contributed by atoms with Gasteiger partial charge < -0.3 is 14.8 Å². The van der Waals surface area contributed by atoms with Gasteiger partial charge >= 0.3 is 0 Å². The predicted molar refractivity (Wildman–Crippen MR) is 117 cm³/mol. The van der Waals surface area contributed by atoms with E-state index in [2.05, 4.69) is 5.32 Å². The second kappa shape index (κ2) is 9.92. The van der Waals surface area contributed by atoms with Gasteiger partial charge in [0.1, 0.15) is 6.61 Å². The summed E-state index contributed by atoms with van der Waals surface area (Å²) in [7, 11) is 0. The molecule has 146 valence electrons. The third-order valence-electron chi connectivity index (χ3n) is 4.01. The van der Waals surface area contributed by atoms with Crippen molar-refractivity contribution in [3.63, 3.8) is 0 Å². The van der Waals surface area contributed by atoms with Crippen molar-refractivity contribution in [1.82, 2.24) is 0 Å². The molecule has 3 aromatic rings. The van der Waals surface area contributed by atoms with Gasteiger partial charge in [0.2, 0.25) is 0 Å². The highest BCUT2D eigenvalue weighted by Crippen LogP contribution is 2.31. The van der Waals surface area contributed by atoms with Crippen LogP contribution in [0.5, 0.6) is 11.5 Å². The van der Waals surface area contributed by atoms with Crippen LogP contribution < -0.4 is 14.8 Å². The molecule has 0 aromatic heterocycles. The number of anilines is 1.